The van der Waals surface area contributed by atoms with Crippen LogP contribution in [0.4, 0.5) is 16.0 Å². The van der Waals surface area contributed by atoms with Gasteiger partial charge in [-0.2, -0.15) is 5.10 Å². The molecule has 0 atom stereocenters. The summed E-state index contributed by atoms with van der Waals surface area (Å²) in [6, 6.07) is 9.36. The lowest BCUT2D eigenvalue weighted by Crippen LogP contribution is -2.11. The Balaban J connectivity index is 1.68. The van der Waals surface area contributed by atoms with Crippen molar-refractivity contribution < 1.29 is 12.8 Å². The molecule has 4 aromatic rings. The third-order valence-corrected chi connectivity index (χ3v) is 5.56. The third kappa shape index (κ3) is 3.87. The van der Waals surface area contributed by atoms with Crippen LogP contribution >= 0.6 is 0 Å². The fourth-order valence-electron chi connectivity index (χ4n) is 3.08. The quantitative estimate of drug-likeness (QED) is 0.505. The highest BCUT2D eigenvalue weighted by molar-refractivity contribution is 7.89. The molecule has 0 saturated carbocycles. The predicted octanol–water partition coefficient (Wildman–Crippen LogP) is 3.44. The van der Waals surface area contributed by atoms with Gasteiger partial charge in [-0.3, -0.25) is 0 Å². The molecular formula is C20H19FN6O2S. The molecule has 4 rings (SSSR count). The topological polar surface area (TPSA) is 115 Å². The van der Waals surface area contributed by atoms with Crippen LogP contribution in [0.25, 0.3) is 16.8 Å². The number of benzene rings is 1. The van der Waals surface area contributed by atoms with E-state index in [4.69, 9.17) is 5.14 Å². The van der Waals surface area contributed by atoms with Crippen molar-refractivity contribution in [3.8, 4) is 11.3 Å². The Morgan fingerprint density at radius 1 is 1.13 bits per heavy atom. The van der Waals surface area contributed by atoms with Gasteiger partial charge in [-0.25, -0.2) is 32.4 Å². The minimum atomic E-state index is -3.78. The number of aromatic nitrogens is 4. The monoisotopic (exact) mass is 426 g/mol. The van der Waals surface area contributed by atoms with E-state index in [-0.39, 0.29) is 22.5 Å². The minimum Gasteiger partial charge on any atom is -0.324 e. The second-order valence-electron chi connectivity index (χ2n) is 7.08. The summed E-state index contributed by atoms with van der Waals surface area (Å²) >= 11 is 0. The Morgan fingerprint density at radius 2 is 1.87 bits per heavy atom. The van der Waals surface area contributed by atoms with Crippen LogP contribution in [-0.2, 0) is 10.0 Å². The van der Waals surface area contributed by atoms with Crippen molar-refractivity contribution in [1.82, 2.24) is 19.6 Å². The molecule has 0 aliphatic rings. The zero-order valence-corrected chi connectivity index (χ0v) is 17.1. The number of fused-ring (bicyclic) bond motifs is 1. The number of sulfonamides is 1. The Kier molecular flexibility index (Phi) is 4.96. The first kappa shape index (κ1) is 19.9. The van der Waals surface area contributed by atoms with Gasteiger partial charge < -0.3 is 5.32 Å². The van der Waals surface area contributed by atoms with Gasteiger partial charge in [-0.1, -0.05) is 13.8 Å². The van der Waals surface area contributed by atoms with Crippen molar-refractivity contribution in [2.45, 2.75) is 24.7 Å². The normalized spacial score (nSPS) is 11.9. The SMILES string of the molecule is CC(C)c1cnn2ccc(-c3nc(Nc4ccc(S(N)(=O)=O)cc4)ncc3F)cc12. The van der Waals surface area contributed by atoms with Gasteiger partial charge in [-0.05, 0) is 42.3 Å². The van der Waals surface area contributed by atoms with Gasteiger partial charge in [0.05, 0.1) is 22.8 Å². The van der Waals surface area contributed by atoms with Crippen molar-refractivity contribution in [3.63, 3.8) is 0 Å². The van der Waals surface area contributed by atoms with Crippen LogP contribution in [0.5, 0.6) is 0 Å². The molecule has 0 spiro atoms. The van der Waals surface area contributed by atoms with Crippen molar-refractivity contribution in [3.05, 3.63) is 66.4 Å². The molecule has 30 heavy (non-hydrogen) atoms. The highest BCUT2D eigenvalue weighted by Crippen LogP contribution is 2.27. The van der Waals surface area contributed by atoms with Crippen LogP contribution in [0, 0.1) is 5.82 Å². The maximum atomic E-state index is 14.5. The van der Waals surface area contributed by atoms with E-state index in [9.17, 15) is 12.8 Å². The first-order valence-corrected chi connectivity index (χ1v) is 10.7. The van der Waals surface area contributed by atoms with E-state index in [0.29, 0.717) is 11.3 Å². The standard InChI is InChI=1S/C20H19FN6O2S/c1-12(2)16-10-24-27-8-7-13(9-18(16)27)19-17(21)11-23-20(26-19)25-14-3-5-15(6-4-14)30(22,28)29/h3-12H,1-2H3,(H2,22,28,29)(H,23,25,26). The highest BCUT2D eigenvalue weighted by Gasteiger charge is 2.14. The summed E-state index contributed by atoms with van der Waals surface area (Å²) in [5.74, 6) is -0.113. The highest BCUT2D eigenvalue weighted by atomic mass is 32.2. The van der Waals surface area contributed by atoms with Crippen LogP contribution < -0.4 is 10.5 Å². The molecule has 3 N–H and O–H groups in total. The molecule has 0 unspecified atom stereocenters. The lowest BCUT2D eigenvalue weighted by atomic mass is 10.0. The molecular weight excluding hydrogens is 407 g/mol. The fourth-order valence-corrected chi connectivity index (χ4v) is 3.59. The number of rotatable bonds is 5. The van der Waals surface area contributed by atoms with Gasteiger partial charge in [0.2, 0.25) is 16.0 Å². The zero-order valence-electron chi connectivity index (χ0n) is 16.2. The van der Waals surface area contributed by atoms with Crippen molar-refractivity contribution >= 4 is 27.2 Å². The summed E-state index contributed by atoms with van der Waals surface area (Å²) < 4.78 is 39.0. The molecule has 0 aliphatic carbocycles. The number of nitrogens with two attached hydrogens (primary N) is 1. The second-order valence-corrected chi connectivity index (χ2v) is 8.65. The van der Waals surface area contributed by atoms with E-state index in [1.54, 1.807) is 23.0 Å². The summed E-state index contributed by atoms with van der Waals surface area (Å²) in [5.41, 5.74) is 3.21. The number of nitrogens with one attached hydrogen (secondary N) is 1. The predicted molar refractivity (Wildman–Crippen MR) is 111 cm³/mol. The summed E-state index contributed by atoms with van der Waals surface area (Å²) in [6.07, 6.45) is 4.66. The lowest BCUT2D eigenvalue weighted by Gasteiger charge is -2.09. The van der Waals surface area contributed by atoms with Gasteiger partial charge in [0, 0.05) is 23.0 Å². The first-order chi connectivity index (χ1) is 14.2. The van der Waals surface area contributed by atoms with Crippen molar-refractivity contribution in [2.24, 2.45) is 5.14 Å². The van der Waals surface area contributed by atoms with E-state index in [1.807, 2.05) is 6.07 Å². The minimum absolute atomic E-state index is 0.0103. The largest absolute Gasteiger partial charge is 0.324 e. The van der Waals surface area contributed by atoms with Gasteiger partial charge in [0.25, 0.3) is 0 Å². The number of anilines is 2. The molecule has 10 heteroatoms. The second kappa shape index (κ2) is 7.47. The van der Waals surface area contributed by atoms with E-state index in [0.717, 1.165) is 17.3 Å². The molecule has 1 aromatic carbocycles. The maximum absolute atomic E-state index is 14.5. The van der Waals surface area contributed by atoms with E-state index in [2.05, 4.69) is 34.2 Å². The Morgan fingerprint density at radius 3 is 2.53 bits per heavy atom. The number of nitrogens with zero attached hydrogens (tertiary/aromatic N) is 4. The van der Waals surface area contributed by atoms with Gasteiger partial charge in [0.15, 0.2) is 5.82 Å². The summed E-state index contributed by atoms with van der Waals surface area (Å²) in [5, 5.41) is 12.4. The number of primary sulfonamides is 1. The lowest BCUT2D eigenvalue weighted by molar-refractivity contribution is 0.598. The average molecular weight is 426 g/mol. The molecule has 0 bridgehead atoms. The van der Waals surface area contributed by atoms with Crippen LogP contribution in [0.2, 0.25) is 0 Å². The number of pyridine rings is 1. The maximum Gasteiger partial charge on any atom is 0.238 e. The number of hydrogen-bond acceptors (Lipinski definition) is 6. The molecule has 3 aromatic heterocycles. The first-order valence-electron chi connectivity index (χ1n) is 9.12. The third-order valence-electron chi connectivity index (χ3n) is 4.63. The molecule has 0 radical (unpaired) electrons. The molecule has 8 nitrogen and oxygen atoms in total. The molecule has 154 valence electrons. The van der Waals surface area contributed by atoms with E-state index >= 15 is 0 Å². The molecule has 0 amide bonds. The fraction of sp³-hybridized carbons (Fsp3) is 0.150. The molecule has 3 heterocycles. The Labute approximate surface area is 172 Å². The molecule has 0 saturated heterocycles. The van der Waals surface area contributed by atoms with Gasteiger partial charge in [0.1, 0.15) is 5.69 Å². The van der Waals surface area contributed by atoms with Crippen molar-refractivity contribution in [1.29, 1.82) is 0 Å². The summed E-state index contributed by atoms with van der Waals surface area (Å²) in [4.78, 5) is 8.27. The Hall–Kier alpha value is -3.37. The molecule has 0 fully saturated rings. The number of halogens is 1. The zero-order chi connectivity index (χ0) is 21.5. The van der Waals surface area contributed by atoms with E-state index in [1.165, 1.54) is 24.3 Å². The number of hydrogen-bond donors (Lipinski definition) is 2. The smallest absolute Gasteiger partial charge is 0.238 e. The summed E-state index contributed by atoms with van der Waals surface area (Å²) in [6.45, 7) is 4.14. The summed E-state index contributed by atoms with van der Waals surface area (Å²) in [7, 11) is -3.78. The van der Waals surface area contributed by atoms with Crippen molar-refractivity contribution in [2.75, 3.05) is 5.32 Å². The van der Waals surface area contributed by atoms with Crippen LogP contribution in [0.15, 0.2) is 59.9 Å². The van der Waals surface area contributed by atoms with Crippen LogP contribution in [0.3, 0.4) is 0 Å². The van der Waals surface area contributed by atoms with Gasteiger partial charge in [-0.15, -0.1) is 0 Å². The van der Waals surface area contributed by atoms with Crippen LogP contribution in [0.1, 0.15) is 25.3 Å². The van der Waals surface area contributed by atoms with Crippen LogP contribution in [-0.4, -0.2) is 28.0 Å². The van der Waals surface area contributed by atoms with E-state index < -0.39 is 15.8 Å². The Bertz CT molecular complexity index is 1330. The van der Waals surface area contributed by atoms with Gasteiger partial charge >= 0.3 is 0 Å². The average Bonchev–Trinajstić information content (AvgIpc) is 3.12. The molecule has 0 aliphatic heterocycles.